The number of rotatable bonds is 3. The predicted molar refractivity (Wildman–Crippen MR) is 225 cm³/mol. The molecule has 5 heteroatoms. The largest absolute Gasteiger partial charge is 0.455 e. The van der Waals surface area contributed by atoms with Crippen LogP contribution in [0, 0.1) is 0 Å². The highest BCUT2D eigenvalue weighted by Crippen LogP contribution is 2.44. The highest BCUT2D eigenvalue weighted by atomic mass is 16.3. The maximum absolute atomic E-state index is 6.58. The summed E-state index contributed by atoms with van der Waals surface area (Å²) < 4.78 is 15.6. The SMILES string of the molecule is c1ccc2c(c1)oc1c(-c3cc(-c4cccc5c4oc4ccccc45)nc(-c4cc5c6cccc7cccc(c76)n6c7ccccc7c(c4)c56)n3)cccc12. The zero-order valence-electron chi connectivity index (χ0n) is 29.2. The van der Waals surface area contributed by atoms with E-state index in [0.29, 0.717) is 5.82 Å². The Labute approximate surface area is 312 Å². The molecular weight excluding hydrogens is 675 g/mol. The molecule has 0 N–H and O–H groups in total. The normalized spacial score (nSPS) is 12.4. The number of fused-ring (bicyclic) bond motifs is 11. The van der Waals surface area contributed by atoms with Gasteiger partial charge in [0.25, 0.3) is 0 Å². The van der Waals surface area contributed by atoms with Crippen LogP contribution < -0.4 is 0 Å². The van der Waals surface area contributed by atoms with Crippen LogP contribution in [0.2, 0.25) is 0 Å². The molecule has 0 aliphatic rings. The van der Waals surface area contributed by atoms with E-state index in [0.717, 1.165) is 72.0 Å². The second kappa shape index (κ2) is 10.6. The van der Waals surface area contributed by atoms with Crippen molar-refractivity contribution in [3.8, 4) is 33.9 Å². The molecule has 0 amide bonds. The van der Waals surface area contributed by atoms with E-state index in [1.807, 2.05) is 24.3 Å². The maximum Gasteiger partial charge on any atom is 0.160 e. The van der Waals surface area contributed by atoms with Crippen molar-refractivity contribution in [1.82, 2.24) is 14.4 Å². The van der Waals surface area contributed by atoms with Gasteiger partial charge in [0.2, 0.25) is 0 Å². The average Bonchev–Trinajstić information content (AvgIpc) is 3.93. The molecule has 0 radical (unpaired) electrons. The van der Waals surface area contributed by atoms with Crippen molar-refractivity contribution in [3.63, 3.8) is 0 Å². The number of nitrogens with zero attached hydrogens (tertiary/aromatic N) is 3. The molecule has 254 valence electrons. The van der Waals surface area contributed by atoms with E-state index in [2.05, 4.69) is 144 Å². The molecule has 0 spiro atoms. The van der Waals surface area contributed by atoms with Crippen LogP contribution in [0.4, 0.5) is 0 Å². The van der Waals surface area contributed by atoms with Crippen molar-refractivity contribution in [2.24, 2.45) is 0 Å². The van der Waals surface area contributed by atoms with Gasteiger partial charge in [0, 0.05) is 59.8 Å². The van der Waals surface area contributed by atoms with Gasteiger partial charge in [-0.3, -0.25) is 0 Å². The topological polar surface area (TPSA) is 56.5 Å². The van der Waals surface area contributed by atoms with E-state index in [1.165, 1.54) is 48.9 Å². The maximum atomic E-state index is 6.58. The summed E-state index contributed by atoms with van der Waals surface area (Å²) in [5.74, 6) is 0.634. The summed E-state index contributed by atoms with van der Waals surface area (Å²) in [6.07, 6.45) is 0. The summed E-state index contributed by atoms with van der Waals surface area (Å²) in [4.78, 5) is 10.8. The lowest BCUT2D eigenvalue weighted by Gasteiger charge is -2.14. The van der Waals surface area contributed by atoms with Gasteiger partial charge < -0.3 is 13.2 Å². The van der Waals surface area contributed by atoms with Crippen molar-refractivity contribution in [2.45, 2.75) is 0 Å². The number of para-hydroxylation sites is 5. The van der Waals surface area contributed by atoms with Crippen molar-refractivity contribution >= 4 is 92.7 Å². The zero-order valence-corrected chi connectivity index (χ0v) is 29.2. The number of pyridine rings is 1. The molecule has 0 aliphatic carbocycles. The van der Waals surface area contributed by atoms with Gasteiger partial charge in [-0.05, 0) is 65.4 Å². The van der Waals surface area contributed by atoms with E-state index in [1.54, 1.807) is 0 Å². The Bertz CT molecular complexity index is 3600. The molecule has 5 nitrogen and oxygen atoms in total. The fourth-order valence-corrected chi connectivity index (χ4v) is 9.16. The molecule has 13 aromatic rings. The summed E-state index contributed by atoms with van der Waals surface area (Å²) in [7, 11) is 0. The van der Waals surface area contributed by atoms with Gasteiger partial charge in [0.1, 0.15) is 22.3 Å². The average molecular weight is 702 g/mol. The van der Waals surface area contributed by atoms with Crippen molar-refractivity contribution in [1.29, 1.82) is 0 Å². The Morgan fingerprint density at radius 1 is 0.400 bits per heavy atom. The number of aromatic nitrogens is 3. The molecule has 5 heterocycles. The van der Waals surface area contributed by atoms with E-state index in [9.17, 15) is 0 Å². The Kier molecular flexibility index (Phi) is 5.57. The Balaban J connectivity index is 1.16. The number of hydrogen-bond donors (Lipinski definition) is 0. The van der Waals surface area contributed by atoms with Gasteiger partial charge in [-0.25, -0.2) is 9.97 Å². The Morgan fingerprint density at radius 3 is 1.58 bits per heavy atom. The van der Waals surface area contributed by atoms with E-state index in [-0.39, 0.29) is 0 Å². The molecule has 0 unspecified atom stereocenters. The van der Waals surface area contributed by atoms with Gasteiger partial charge in [0.05, 0.1) is 27.9 Å². The van der Waals surface area contributed by atoms with E-state index >= 15 is 0 Å². The fraction of sp³-hybridized carbons (Fsp3) is 0. The minimum absolute atomic E-state index is 0.634. The van der Waals surface area contributed by atoms with Crippen LogP contribution in [0.3, 0.4) is 0 Å². The van der Waals surface area contributed by atoms with E-state index in [4.69, 9.17) is 18.8 Å². The van der Waals surface area contributed by atoms with Crippen LogP contribution in [-0.4, -0.2) is 14.4 Å². The summed E-state index contributed by atoms with van der Waals surface area (Å²) in [5, 5.41) is 11.5. The zero-order chi connectivity index (χ0) is 35.8. The first-order valence-electron chi connectivity index (χ1n) is 18.6. The van der Waals surface area contributed by atoms with Gasteiger partial charge in [0.15, 0.2) is 5.82 Å². The predicted octanol–water partition coefficient (Wildman–Crippen LogP) is 13.6. The standard InChI is InChI=1S/C50H27N3O2/c1-4-21-42-30(13-1)38-25-29(26-39-33-16-7-11-28-12-8-22-43(46(28)33)53(42)47(38)39)50-51-40(36-19-9-17-34-31-14-2-5-23-44(31)54-48(34)36)27-41(52-50)37-20-10-18-35-32-15-3-6-24-45(32)55-49(35)37/h1-27H. The second-order valence-corrected chi connectivity index (χ2v) is 14.5. The summed E-state index contributed by atoms with van der Waals surface area (Å²) in [6.45, 7) is 0. The van der Waals surface area contributed by atoms with Crippen LogP contribution in [0.5, 0.6) is 0 Å². The Hall–Kier alpha value is -7.50. The number of benzene rings is 8. The van der Waals surface area contributed by atoms with E-state index < -0.39 is 0 Å². The first-order valence-corrected chi connectivity index (χ1v) is 18.6. The molecule has 0 saturated heterocycles. The molecule has 0 saturated carbocycles. The highest BCUT2D eigenvalue weighted by Gasteiger charge is 2.22. The summed E-state index contributed by atoms with van der Waals surface area (Å²) in [5.41, 5.74) is 11.2. The van der Waals surface area contributed by atoms with Crippen LogP contribution in [-0.2, 0) is 0 Å². The minimum Gasteiger partial charge on any atom is -0.455 e. The molecule has 0 atom stereocenters. The lowest BCUT2D eigenvalue weighted by Crippen LogP contribution is -1.97. The molecule has 5 aromatic heterocycles. The van der Waals surface area contributed by atoms with Crippen LogP contribution in [0.1, 0.15) is 0 Å². The molecule has 0 bridgehead atoms. The molecule has 0 fully saturated rings. The smallest absolute Gasteiger partial charge is 0.160 e. The fourth-order valence-electron chi connectivity index (χ4n) is 9.16. The highest BCUT2D eigenvalue weighted by molar-refractivity contribution is 6.27. The monoisotopic (exact) mass is 701 g/mol. The lowest BCUT2D eigenvalue weighted by molar-refractivity contribution is 0.669. The summed E-state index contributed by atoms with van der Waals surface area (Å²) >= 11 is 0. The molecule has 0 aliphatic heterocycles. The summed E-state index contributed by atoms with van der Waals surface area (Å²) in [6, 6.07) is 57.6. The Morgan fingerprint density at radius 2 is 0.909 bits per heavy atom. The first-order chi connectivity index (χ1) is 27.3. The van der Waals surface area contributed by atoms with Gasteiger partial charge in [-0.1, -0.05) is 109 Å². The van der Waals surface area contributed by atoms with Crippen molar-refractivity contribution in [3.05, 3.63) is 164 Å². The minimum atomic E-state index is 0.634. The van der Waals surface area contributed by atoms with Crippen LogP contribution in [0.15, 0.2) is 173 Å². The molecule has 55 heavy (non-hydrogen) atoms. The second-order valence-electron chi connectivity index (χ2n) is 14.5. The lowest BCUT2D eigenvalue weighted by atomic mass is 9.97. The third-order valence-corrected chi connectivity index (χ3v) is 11.5. The molecular formula is C50H27N3O2. The van der Waals surface area contributed by atoms with Gasteiger partial charge >= 0.3 is 0 Å². The quantitative estimate of drug-likeness (QED) is 0.136. The van der Waals surface area contributed by atoms with Crippen LogP contribution >= 0.6 is 0 Å². The van der Waals surface area contributed by atoms with Gasteiger partial charge in [-0.15, -0.1) is 0 Å². The van der Waals surface area contributed by atoms with Gasteiger partial charge in [-0.2, -0.15) is 0 Å². The third-order valence-electron chi connectivity index (χ3n) is 11.5. The molecule has 13 rings (SSSR count). The third kappa shape index (κ3) is 3.91. The van der Waals surface area contributed by atoms with Crippen molar-refractivity contribution < 1.29 is 8.83 Å². The molecule has 8 aromatic carbocycles. The van der Waals surface area contributed by atoms with Crippen LogP contribution in [0.25, 0.3) is 127 Å². The number of hydrogen-bond acceptors (Lipinski definition) is 4. The first kappa shape index (κ1) is 29.0. The number of furan rings is 2. The van der Waals surface area contributed by atoms with Crippen molar-refractivity contribution in [2.75, 3.05) is 0 Å².